The van der Waals surface area contributed by atoms with Crippen LogP contribution in [-0.2, 0) is 23.1 Å². The Labute approximate surface area is 116 Å². The van der Waals surface area contributed by atoms with E-state index in [1.54, 1.807) is 18.5 Å². The van der Waals surface area contributed by atoms with Crippen LogP contribution in [0.25, 0.3) is 0 Å². The summed E-state index contributed by atoms with van der Waals surface area (Å²) in [5.41, 5.74) is 6.76. The Morgan fingerprint density at radius 3 is 2.75 bits per heavy atom. The van der Waals surface area contributed by atoms with Crippen LogP contribution < -0.4 is 15.8 Å². The highest BCUT2D eigenvalue weighted by Crippen LogP contribution is 2.26. The summed E-state index contributed by atoms with van der Waals surface area (Å²) in [4.78, 5) is 2.01. The predicted molar refractivity (Wildman–Crippen MR) is 73.3 cm³/mol. The van der Waals surface area contributed by atoms with Gasteiger partial charge in [0, 0.05) is 18.8 Å². The second kappa shape index (κ2) is 4.46. The summed E-state index contributed by atoms with van der Waals surface area (Å²) in [6, 6.07) is 4.74. The van der Waals surface area contributed by atoms with E-state index in [9.17, 15) is 8.42 Å². The Kier molecular flexibility index (Phi) is 2.87. The van der Waals surface area contributed by atoms with Gasteiger partial charge in [0.15, 0.2) is 5.82 Å². The van der Waals surface area contributed by atoms with Crippen molar-refractivity contribution < 1.29 is 8.42 Å². The summed E-state index contributed by atoms with van der Waals surface area (Å²) >= 11 is 0. The van der Waals surface area contributed by atoms with Gasteiger partial charge in [0.05, 0.1) is 12.2 Å². The molecule has 2 aromatic rings. The molecule has 1 aromatic carbocycles. The topological polar surface area (TPSA) is 120 Å². The van der Waals surface area contributed by atoms with Gasteiger partial charge in [0.2, 0.25) is 10.0 Å². The second-order valence-corrected chi connectivity index (χ2v) is 6.16. The lowest BCUT2D eigenvalue weighted by molar-refractivity contribution is 0.560. The highest BCUT2D eigenvalue weighted by Gasteiger charge is 2.19. The van der Waals surface area contributed by atoms with Crippen LogP contribution >= 0.6 is 0 Å². The van der Waals surface area contributed by atoms with Gasteiger partial charge in [-0.1, -0.05) is 0 Å². The standard InChI is InChI=1S/C11H14N6O2S/c12-9-5-8(1-2-10(9)20(13,18)19)16-3-4-17-7-14-15-11(17)6-16/h1-2,5,7H,3-4,6,12H2,(H2,13,18,19). The number of hydrogen-bond donors (Lipinski definition) is 2. The maximum Gasteiger partial charge on any atom is 0.240 e. The summed E-state index contributed by atoms with van der Waals surface area (Å²) in [6.45, 7) is 2.16. The van der Waals surface area contributed by atoms with Crippen LogP contribution in [0.4, 0.5) is 11.4 Å². The summed E-state index contributed by atoms with van der Waals surface area (Å²) in [5.74, 6) is 0.866. The molecule has 0 atom stereocenters. The fourth-order valence-corrected chi connectivity index (χ4v) is 2.92. The van der Waals surface area contributed by atoms with Gasteiger partial charge in [0.25, 0.3) is 0 Å². The Hall–Kier alpha value is -2.13. The number of rotatable bonds is 2. The number of benzene rings is 1. The molecule has 0 spiro atoms. The quantitative estimate of drug-likeness (QED) is 0.722. The summed E-state index contributed by atoms with van der Waals surface area (Å²) in [7, 11) is -3.79. The number of anilines is 2. The molecule has 8 nitrogen and oxygen atoms in total. The van der Waals surface area contributed by atoms with Crippen molar-refractivity contribution in [3.63, 3.8) is 0 Å². The molecule has 4 N–H and O–H groups in total. The molecule has 0 amide bonds. The van der Waals surface area contributed by atoms with Crippen molar-refractivity contribution >= 4 is 21.4 Å². The molecule has 1 aromatic heterocycles. The molecule has 0 radical (unpaired) electrons. The minimum absolute atomic E-state index is 0.0542. The minimum Gasteiger partial charge on any atom is -0.398 e. The van der Waals surface area contributed by atoms with Gasteiger partial charge in [-0.15, -0.1) is 10.2 Å². The molecule has 0 saturated heterocycles. The van der Waals surface area contributed by atoms with Crippen LogP contribution in [0.1, 0.15) is 5.82 Å². The molecule has 1 aliphatic rings. The zero-order valence-corrected chi connectivity index (χ0v) is 11.4. The fourth-order valence-electron chi connectivity index (χ4n) is 2.28. The van der Waals surface area contributed by atoms with Gasteiger partial charge in [-0.25, -0.2) is 13.6 Å². The number of nitrogens with zero attached hydrogens (tertiary/aromatic N) is 4. The van der Waals surface area contributed by atoms with Gasteiger partial charge in [-0.05, 0) is 18.2 Å². The molecule has 3 rings (SSSR count). The average Bonchev–Trinajstić information content (AvgIpc) is 2.84. The molecule has 0 bridgehead atoms. The van der Waals surface area contributed by atoms with Crippen molar-refractivity contribution in [2.45, 2.75) is 18.0 Å². The van der Waals surface area contributed by atoms with Crippen molar-refractivity contribution in [2.75, 3.05) is 17.2 Å². The summed E-state index contributed by atoms with van der Waals surface area (Å²) in [5, 5.41) is 13.0. The Bertz CT molecular complexity index is 754. The van der Waals surface area contributed by atoms with E-state index in [-0.39, 0.29) is 10.6 Å². The molecule has 2 heterocycles. The van der Waals surface area contributed by atoms with E-state index in [1.807, 2.05) is 4.57 Å². The molecular formula is C11H14N6O2S. The van der Waals surface area contributed by atoms with E-state index in [4.69, 9.17) is 10.9 Å². The number of primary sulfonamides is 1. The highest BCUT2D eigenvalue weighted by atomic mass is 32.2. The van der Waals surface area contributed by atoms with Crippen LogP contribution in [0.5, 0.6) is 0 Å². The van der Waals surface area contributed by atoms with Gasteiger partial charge in [0.1, 0.15) is 11.2 Å². The summed E-state index contributed by atoms with van der Waals surface area (Å²) < 4.78 is 24.7. The lowest BCUT2D eigenvalue weighted by Crippen LogP contribution is -2.33. The first-order valence-electron chi connectivity index (χ1n) is 5.99. The number of fused-ring (bicyclic) bond motifs is 1. The van der Waals surface area contributed by atoms with E-state index in [2.05, 4.69) is 15.1 Å². The monoisotopic (exact) mass is 294 g/mol. The van der Waals surface area contributed by atoms with Gasteiger partial charge in [-0.3, -0.25) is 0 Å². The van der Waals surface area contributed by atoms with Crippen LogP contribution in [0.3, 0.4) is 0 Å². The second-order valence-electron chi connectivity index (χ2n) is 4.63. The van der Waals surface area contributed by atoms with Crippen LogP contribution in [0.2, 0.25) is 0 Å². The predicted octanol–water partition coefficient (Wildman–Crippen LogP) is -0.472. The zero-order chi connectivity index (χ0) is 14.3. The SMILES string of the molecule is Nc1cc(N2CCn3cnnc3C2)ccc1S(N)(=O)=O. The first-order valence-corrected chi connectivity index (χ1v) is 7.54. The molecule has 0 saturated carbocycles. The Morgan fingerprint density at radius 2 is 2.05 bits per heavy atom. The van der Waals surface area contributed by atoms with Gasteiger partial charge in [-0.2, -0.15) is 0 Å². The molecule has 0 unspecified atom stereocenters. The number of aromatic nitrogens is 3. The van der Waals surface area contributed by atoms with Crippen molar-refractivity contribution in [2.24, 2.45) is 5.14 Å². The average molecular weight is 294 g/mol. The van der Waals surface area contributed by atoms with E-state index in [0.717, 1.165) is 24.6 Å². The number of sulfonamides is 1. The van der Waals surface area contributed by atoms with Gasteiger partial charge < -0.3 is 15.2 Å². The van der Waals surface area contributed by atoms with E-state index in [1.165, 1.54) is 6.07 Å². The van der Waals surface area contributed by atoms with Gasteiger partial charge >= 0.3 is 0 Å². The van der Waals surface area contributed by atoms with Crippen molar-refractivity contribution in [3.05, 3.63) is 30.4 Å². The van der Waals surface area contributed by atoms with Crippen molar-refractivity contribution in [1.29, 1.82) is 0 Å². The van der Waals surface area contributed by atoms with Crippen LogP contribution in [0, 0.1) is 0 Å². The van der Waals surface area contributed by atoms with Crippen LogP contribution in [0.15, 0.2) is 29.4 Å². The molecule has 106 valence electrons. The summed E-state index contributed by atoms with van der Waals surface area (Å²) in [6.07, 6.45) is 1.70. The Morgan fingerprint density at radius 1 is 1.25 bits per heavy atom. The van der Waals surface area contributed by atoms with Crippen LogP contribution in [-0.4, -0.2) is 29.7 Å². The third-order valence-corrected chi connectivity index (χ3v) is 4.29. The lowest BCUT2D eigenvalue weighted by Gasteiger charge is -2.29. The third-order valence-electron chi connectivity index (χ3n) is 3.30. The highest BCUT2D eigenvalue weighted by molar-refractivity contribution is 7.89. The smallest absolute Gasteiger partial charge is 0.240 e. The van der Waals surface area contributed by atoms with Crippen molar-refractivity contribution in [3.8, 4) is 0 Å². The number of nitrogens with two attached hydrogens (primary N) is 2. The molecule has 0 aliphatic carbocycles. The van der Waals surface area contributed by atoms with E-state index in [0.29, 0.717) is 6.54 Å². The molecule has 20 heavy (non-hydrogen) atoms. The third kappa shape index (κ3) is 2.21. The molecule has 0 fully saturated rings. The Balaban J connectivity index is 1.91. The van der Waals surface area contributed by atoms with E-state index < -0.39 is 10.0 Å². The largest absolute Gasteiger partial charge is 0.398 e. The minimum atomic E-state index is -3.79. The van der Waals surface area contributed by atoms with E-state index >= 15 is 0 Å². The maximum atomic E-state index is 11.3. The molecule has 1 aliphatic heterocycles. The first-order chi connectivity index (χ1) is 9.45. The van der Waals surface area contributed by atoms with Crippen molar-refractivity contribution in [1.82, 2.24) is 14.8 Å². The first kappa shape index (κ1) is 12.9. The zero-order valence-electron chi connectivity index (χ0n) is 10.6. The maximum absolute atomic E-state index is 11.3. The lowest BCUT2D eigenvalue weighted by atomic mass is 10.2. The number of nitrogen functional groups attached to an aromatic ring is 1. The number of hydrogen-bond acceptors (Lipinski definition) is 6. The molecule has 9 heteroatoms. The fraction of sp³-hybridized carbons (Fsp3) is 0.273. The normalized spacial score (nSPS) is 15.2. The molecular weight excluding hydrogens is 280 g/mol.